The van der Waals surface area contributed by atoms with Crippen LogP contribution in [0.4, 0.5) is 0 Å². The molecule has 2 aromatic heterocycles. The summed E-state index contributed by atoms with van der Waals surface area (Å²) >= 11 is 3.21. The highest BCUT2D eigenvalue weighted by Crippen LogP contribution is 2.33. The van der Waals surface area contributed by atoms with Gasteiger partial charge in [0.25, 0.3) is 0 Å². The molecule has 1 atom stereocenters. The number of piperidine rings is 1. The number of carbonyl (C=O) groups excluding carboxylic acids is 1. The fraction of sp³-hybridized carbons (Fsp3) is 0.529. The third kappa shape index (κ3) is 3.82. The van der Waals surface area contributed by atoms with Gasteiger partial charge in [-0.15, -0.1) is 22.7 Å². The maximum Gasteiger partial charge on any atom is 0.227 e. The number of nitrogens with zero attached hydrogens (tertiary/aromatic N) is 2. The van der Waals surface area contributed by atoms with Gasteiger partial charge in [0.05, 0.1) is 23.2 Å². The summed E-state index contributed by atoms with van der Waals surface area (Å²) < 4.78 is 0. The Morgan fingerprint density at radius 3 is 2.74 bits per heavy atom. The molecule has 0 aliphatic carbocycles. The first-order valence-electron chi connectivity index (χ1n) is 7.96. The van der Waals surface area contributed by atoms with Crippen LogP contribution in [0, 0.1) is 19.8 Å². The fourth-order valence-electron chi connectivity index (χ4n) is 3.14. The number of amides is 1. The number of aryl methyl sites for hydroxylation is 2. The Morgan fingerprint density at radius 1 is 1.43 bits per heavy atom. The first kappa shape index (κ1) is 16.6. The minimum Gasteiger partial charge on any atom is -0.387 e. The summed E-state index contributed by atoms with van der Waals surface area (Å²) in [5.74, 6) is 0.436. The van der Waals surface area contributed by atoms with Crippen molar-refractivity contribution in [1.82, 2.24) is 9.88 Å². The van der Waals surface area contributed by atoms with Crippen LogP contribution in [0.3, 0.4) is 0 Å². The minimum absolute atomic E-state index is 0.181. The smallest absolute Gasteiger partial charge is 0.227 e. The number of thiazole rings is 1. The highest BCUT2D eigenvalue weighted by molar-refractivity contribution is 7.11. The molecule has 124 valence electrons. The summed E-state index contributed by atoms with van der Waals surface area (Å²) in [4.78, 5) is 20.9. The Kier molecular flexibility index (Phi) is 5.14. The Bertz CT molecular complexity index is 658. The number of aromatic nitrogens is 1. The molecule has 0 bridgehead atoms. The molecular formula is C17H22N2O2S2. The van der Waals surface area contributed by atoms with E-state index in [-0.39, 0.29) is 11.8 Å². The molecule has 1 amide bonds. The third-order valence-corrected chi connectivity index (χ3v) is 6.50. The van der Waals surface area contributed by atoms with Crippen molar-refractivity contribution in [2.75, 3.05) is 13.1 Å². The Morgan fingerprint density at radius 2 is 2.17 bits per heavy atom. The molecule has 0 saturated carbocycles. The summed E-state index contributed by atoms with van der Waals surface area (Å²) in [5.41, 5.74) is 0.976. The van der Waals surface area contributed by atoms with E-state index in [1.807, 2.05) is 36.3 Å². The van der Waals surface area contributed by atoms with Crippen LogP contribution >= 0.6 is 22.7 Å². The second kappa shape index (κ2) is 7.11. The number of hydrogen-bond donors (Lipinski definition) is 1. The molecule has 3 heterocycles. The summed E-state index contributed by atoms with van der Waals surface area (Å²) in [5, 5.41) is 13.4. The van der Waals surface area contributed by atoms with Crippen LogP contribution in [-0.2, 0) is 11.2 Å². The van der Waals surface area contributed by atoms with E-state index >= 15 is 0 Å². The van der Waals surface area contributed by atoms with Crippen molar-refractivity contribution < 1.29 is 9.90 Å². The lowest BCUT2D eigenvalue weighted by Crippen LogP contribution is -2.40. The van der Waals surface area contributed by atoms with Crippen molar-refractivity contribution in [3.63, 3.8) is 0 Å². The number of aliphatic hydroxyl groups is 1. The number of likely N-dealkylation sites (tertiary alicyclic amines) is 1. The summed E-state index contributed by atoms with van der Waals surface area (Å²) in [6.07, 6.45) is 1.80. The van der Waals surface area contributed by atoms with Gasteiger partial charge in [0.15, 0.2) is 0 Å². The predicted molar refractivity (Wildman–Crippen MR) is 93.9 cm³/mol. The first-order valence-corrected chi connectivity index (χ1v) is 9.66. The van der Waals surface area contributed by atoms with Gasteiger partial charge < -0.3 is 10.0 Å². The molecule has 1 aliphatic heterocycles. The van der Waals surface area contributed by atoms with Crippen LogP contribution < -0.4 is 0 Å². The lowest BCUT2D eigenvalue weighted by Gasteiger charge is -2.34. The molecule has 0 unspecified atom stereocenters. The average Bonchev–Trinajstić information content (AvgIpc) is 3.17. The van der Waals surface area contributed by atoms with Gasteiger partial charge in [-0.25, -0.2) is 4.98 Å². The number of thiophene rings is 1. The van der Waals surface area contributed by atoms with Crippen molar-refractivity contribution in [2.24, 2.45) is 5.92 Å². The maximum absolute atomic E-state index is 12.5. The lowest BCUT2D eigenvalue weighted by molar-refractivity contribution is -0.132. The van der Waals surface area contributed by atoms with E-state index in [0.717, 1.165) is 46.4 Å². The molecule has 1 aliphatic rings. The van der Waals surface area contributed by atoms with Crippen molar-refractivity contribution in [2.45, 2.75) is 39.2 Å². The number of carbonyl (C=O) groups is 1. The SMILES string of the molecule is Cc1nc(C)c(CC(=O)N2CCC([C@@H](O)c3cccs3)CC2)s1. The van der Waals surface area contributed by atoms with Crippen molar-refractivity contribution in [3.05, 3.63) is 38.0 Å². The van der Waals surface area contributed by atoms with E-state index in [0.29, 0.717) is 6.42 Å². The van der Waals surface area contributed by atoms with Gasteiger partial charge in [-0.2, -0.15) is 0 Å². The standard InChI is InChI=1S/C17H22N2O2S2/c1-11-15(23-12(2)18-11)10-16(20)19-7-5-13(6-8-19)17(21)14-4-3-9-22-14/h3-4,9,13,17,21H,5-8,10H2,1-2H3/t17-/m1/s1. The molecule has 4 nitrogen and oxygen atoms in total. The zero-order valence-electron chi connectivity index (χ0n) is 13.5. The molecule has 1 N–H and O–H groups in total. The average molecular weight is 351 g/mol. The minimum atomic E-state index is -0.390. The molecule has 3 rings (SSSR count). The van der Waals surface area contributed by atoms with Crippen LogP contribution in [0.15, 0.2) is 17.5 Å². The summed E-state index contributed by atoms with van der Waals surface area (Å²) in [6, 6.07) is 3.96. The van der Waals surface area contributed by atoms with Gasteiger partial charge in [0, 0.05) is 22.8 Å². The predicted octanol–water partition coefficient (Wildman–Crippen LogP) is 3.34. The highest BCUT2D eigenvalue weighted by Gasteiger charge is 2.29. The van der Waals surface area contributed by atoms with Crippen molar-refractivity contribution >= 4 is 28.6 Å². The number of rotatable bonds is 4. The van der Waals surface area contributed by atoms with E-state index in [1.54, 1.807) is 22.7 Å². The van der Waals surface area contributed by atoms with Gasteiger partial charge in [-0.1, -0.05) is 6.07 Å². The van der Waals surface area contributed by atoms with Crippen molar-refractivity contribution in [1.29, 1.82) is 0 Å². The largest absolute Gasteiger partial charge is 0.387 e. The van der Waals surface area contributed by atoms with E-state index in [9.17, 15) is 9.90 Å². The maximum atomic E-state index is 12.5. The summed E-state index contributed by atoms with van der Waals surface area (Å²) in [6.45, 7) is 5.42. The number of hydrogen-bond acceptors (Lipinski definition) is 5. The van der Waals surface area contributed by atoms with Crippen molar-refractivity contribution in [3.8, 4) is 0 Å². The Labute approximate surface area is 144 Å². The molecule has 1 fully saturated rings. The molecule has 1 saturated heterocycles. The topological polar surface area (TPSA) is 53.4 Å². The third-order valence-electron chi connectivity index (χ3n) is 4.48. The van der Waals surface area contributed by atoms with E-state index in [2.05, 4.69) is 4.98 Å². The zero-order chi connectivity index (χ0) is 16.4. The number of aliphatic hydroxyl groups excluding tert-OH is 1. The second-order valence-corrected chi connectivity index (χ2v) is 8.36. The van der Waals surface area contributed by atoms with Gasteiger partial charge in [-0.3, -0.25) is 4.79 Å². The Balaban J connectivity index is 1.54. The highest BCUT2D eigenvalue weighted by atomic mass is 32.1. The monoisotopic (exact) mass is 350 g/mol. The summed E-state index contributed by atoms with van der Waals surface area (Å²) in [7, 11) is 0. The second-order valence-electron chi connectivity index (χ2n) is 6.10. The lowest BCUT2D eigenvalue weighted by atomic mass is 9.90. The molecule has 0 aromatic carbocycles. The molecule has 6 heteroatoms. The molecule has 0 spiro atoms. The van der Waals surface area contributed by atoms with E-state index < -0.39 is 6.10 Å². The first-order chi connectivity index (χ1) is 11.0. The van der Waals surface area contributed by atoms with Gasteiger partial charge in [0.1, 0.15) is 0 Å². The fourth-order valence-corrected chi connectivity index (χ4v) is 4.87. The van der Waals surface area contributed by atoms with Gasteiger partial charge >= 0.3 is 0 Å². The molecule has 2 aromatic rings. The Hall–Kier alpha value is -1.24. The zero-order valence-corrected chi connectivity index (χ0v) is 15.1. The van der Waals surface area contributed by atoms with Crippen LogP contribution in [0.25, 0.3) is 0 Å². The molecule has 0 radical (unpaired) electrons. The van der Waals surface area contributed by atoms with Gasteiger partial charge in [0.2, 0.25) is 5.91 Å². The normalized spacial score (nSPS) is 17.4. The molecular weight excluding hydrogens is 328 g/mol. The van der Waals surface area contributed by atoms with Crippen LogP contribution in [0.5, 0.6) is 0 Å². The molecule has 23 heavy (non-hydrogen) atoms. The van der Waals surface area contributed by atoms with E-state index in [4.69, 9.17) is 0 Å². The quantitative estimate of drug-likeness (QED) is 0.920. The van der Waals surface area contributed by atoms with E-state index in [1.165, 1.54) is 0 Å². The van der Waals surface area contributed by atoms with Crippen LogP contribution in [0.1, 0.15) is 39.4 Å². The van der Waals surface area contributed by atoms with Gasteiger partial charge in [-0.05, 0) is 44.1 Å². The van der Waals surface area contributed by atoms with Crippen LogP contribution in [-0.4, -0.2) is 34.0 Å². The van der Waals surface area contributed by atoms with Crippen LogP contribution in [0.2, 0.25) is 0 Å².